The van der Waals surface area contributed by atoms with Crippen LogP contribution in [0.5, 0.6) is 0 Å². The van der Waals surface area contributed by atoms with Gasteiger partial charge in [0, 0.05) is 33.2 Å². The minimum absolute atomic E-state index is 0.0288. The van der Waals surface area contributed by atoms with E-state index in [2.05, 4.69) is 16.9 Å². The molecule has 1 aliphatic heterocycles. The van der Waals surface area contributed by atoms with E-state index in [4.69, 9.17) is 4.74 Å². The fourth-order valence-corrected chi connectivity index (χ4v) is 3.75. The Balaban J connectivity index is 2.15. The predicted molar refractivity (Wildman–Crippen MR) is 118 cm³/mol. The van der Waals surface area contributed by atoms with Gasteiger partial charge in [0.25, 0.3) is 5.56 Å². The molecule has 1 saturated heterocycles. The molecule has 3 aromatic rings. The highest BCUT2D eigenvalue weighted by Gasteiger charge is 2.28. The second-order valence-electron chi connectivity index (χ2n) is 7.10. The number of nitrogens with one attached hydrogen (secondary N) is 1. The molecule has 1 aliphatic rings. The topological polar surface area (TPSA) is 103 Å². The summed E-state index contributed by atoms with van der Waals surface area (Å²) in [5.41, 5.74) is 0.212. The summed E-state index contributed by atoms with van der Waals surface area (Å²) in [5.74, 6) is 0.478. The summed E-state index contributed by atoms with van der Waals surface area (Å²) < 4.78 is 8.50. The SMILES string of the molecule is C=Cc1ccccc1-n1c(N2CCNCC2)nc2c1c(=O)n(C)c(=O)n2C(=O)OCC. The molecular weight excluding hydrogens is 400 g/mol. The van der Waals surface area contributed by atoms with Crippen molar-refractivity contribution in [2.24, 2.45) is 7.05 Å². The number of aromatic nitrogens is 4. The quantitative estimate of drug-likeness (QED) is 0.665. The van der Waals surface area contributed by atoms with Crippen LogP contribution in [0.25, 0.3) is 22.9 Å². The van der Waals surface area contributed by atoms with Crippen molar-refractivity contribution in [2.45, 2.75) is 6.92 Å². The lowest BCUT2D eigenvalue weighted by atomic mass is 10.1. The largest absolute Gasteiger partial charge is 0.449 e. The Kier molecular flexibility index (Phi) is 5.47. The first kappa shape index (κ1) is 20.6. The van der Waals surface area contributed by atoms with Gasteiger partial charge in [-0.3, -0.25) is 13.9 Å². The van der Waals surface area contributed by atoms with Gasteiger partial charge in [-0.05, 0) is 18.6 Å². The normalized spacial score (nSPS) is 14.1. The highest BCUT2D eigenvalue weighted by Crippen LogP contribution is 2.28. The second-order valence-corrected chi connectivity index (χ2v) is 7.10. The van der Waals surface area contributed by atoms with Gasteiger partial charge >= 0.3 is 11.8 Å². The van der Waals surface area contributed by atoms with Crippen molar-refractivity contribution < 1.29 is 9.53 Å². The van der Waals surface area contributed by atoms with Crippen molar-refractivity contribution in [3.05, 3.63) is 57.2 Å². The Bertz CT molecular complexity index is 1280. The predicted octanol–water partition coefficient (Wildman–Crippen LogP) is 0.943. The number of ether oxygens (including phenoxy) is 1. The number of rotatable bonds is 4. The van der Waals surface area contributed by atoms with E-state index < -0.39 is 17.3 Å². The monoisotopic (exact) mass is 424 g/mol. The van der Waals surface area contributed by atoms with Gasteiger partial charge < -0.3 is 15.0 Å². The van der Waals surface area contributed by atoms with Gasteiger partial charge in [0.05, 0.1) is 12.3 Å². The summed E-state index contributed by atoms with van der Waals surface area (Å²) in [6.45, 7) is 8.41. The number of carbonyl (C=O) groups is 1. The van der Waals surface area contributed by atoms with Crippen LogP contribution in [0.15, 0.2) is 40.4 Å². The lowest BCUT2D eigenvalue weighted by Crippen LogP contribution is -2.44. The standard InChI is InChI=1S/C21H24N6O4/c1-4-14-8-6-7-9-15(14)26-16-17(23-19(26)25-12-10-22-11-13-25)27(21(30)31-5-2)20(29)24(3)18(16)28/h4,6-9,22H,1,5,10-13H2,2-3H3. The van der Waals surface area contributed by atoms with Crippen LogP contribution >= 0.6 is 0 Å². The van der Waals surface area contributed by atoms with Crippen LogP contribution in [-0.4, -0.2) is 57.6 Å². The molecule has 10 heteroatoms. The number of hydrogen-bond acceptors (Lipinski definition) is 7. The lowest BCUT2D eigenvalue weighted by molar-refractivity contribution is 0.153. The molecule has 0 atom stereocenters. The molecule has 162 valence electrons. The van der Waals surface area contributed by atoms with E-state index in [0.29, 0.717) is 24.7 Å². The Morgan fingerprint density at radius 3 is 2.65 bits per heavy atom. The molecule has 31 heavy (non-hydrogen) atoms. The number of carbonyl (C=O) groups excluding carboxylic acids is 1. The summed E-state index contributed by atoms with van der Waals surface area (Å²) in [7, 11) is 1.33. The molecule has 4 rings (SSSR count). The maximum absolute atomic E-state index is 13.3. The molecule has 0 spiro atoms. The van der Waals surface area contributed by atoms with Crippen molar-refractivity contribution in [1.29, 1.82) is 0 Å². The number of anilines is 1. The van der Waals surface area contributed by atoms with Crippen molar-refractivity contribution in [2.75, 3.05) is 37.7 Å². The highest BCUT2D eigenvalue weighted by atomic mass is 16.5. The zero-order valence-electron chi connectivity index (χ0n) is 17.5. The van der Waals surface area contributed by atoms with Gasteiger partial charge in [-0.2, -0.15) is 9.55 Å². The molecule has 1 N–H and O–H groups in total. The third-order valence-corrected chi connectivity index (χ3v) is 5.29. The van der Waals surface area contributed by atoms with Crippen LogP contribution in [0.2, 0.25) is 0 Å². The average Bonchev–Trinajstić information content (AvgIpc) is 3.18. The number of nitrogens with zero attached hydrogens (tertiary/aromatic N) is 5. The Morgan fingerprint density at radius 1 is 1.26 bits per heavy atom. The van der Waals surface area contributed by atoms with Gasteiger partial charge in [0.2, 0.25) is 5.95 Å². The molecule has 2 aromatic heterocycles. The van der Waals surface area contributed by atoms with E-state index >= 15 is 0 Å². The Hall–Kier alpha value is -3.66. The summed E-state index contributed by atoms with van der Waals surface area (Å²) in [6.07, 6.45) is 0.816. The van der Waals surface area contributed by atoms with Gasteiger partial charge in [-0.15, -0.1) is 0 Å². The van der Waals surface area contributed by atoms with Crippen molar-refractivity contribution in [1.82, 2.24) is 24.0 Å². The van der Waals surface area contributed by atoms with E-state index in [-0.39, 0.29) is 17.8 Å². The van der Waals surface area contributed by atoms with Crippen LogP contribution < -0.4 is 21.5 Å². The number of benzene rings is 1. The third-order valence-electron chi connectivity index (χ3n) is 5.29. The maximum atomic E-state index is 13.3. The van der Waals surface area contributed by atoms with Gasteiger partial charge in [-0.25, -0.2) is 9.59 Å². The fourth-order valence-electron chi connectivity index (χ4n) is 3.75. The van der Waals surface area contributed by atoms with Crippen molar-refractivity contribution in [3.8, 4) is 5.69 Å². The van der Waals surface area contributed by atoms with Crippen LogP contribution in [-0.2, 0) is 11.8 Å². The zero-order valence-corrected chi connectivity index (χ0v) is 17.5. The number of fused-ring (bicyclic) bond motifs is 1. The number of piperazine rings is 1. The number of hydrogen-bond donors (Lipinski definition) is 1. The minimum Gasteiger partial charge on any atom is -0.449 e. The van der Waals surface area contributed by atoms with E-state index in [1.165, 1.54) is 7.05 Å². The summed E-state index contributed by atoms with van der Waals surface area (Å²) >= 11 is 0. The molecular formula is C21H24N6O4. The van der Waals surface area contributed by atoms with Crippen LogP contribution in [0.3, 0.4) is 0 Å². The smallest absolute Gasteiger partial charge is 0.424 e. The van der Waals surface area contributed by atoms with Crippen LogP contribution in [0.4, 0.5) is 10.7 Å². The number of imidazole rings is 1. The lowest BCUT2D eigenvalue weighted by Gasteiger charge is -2.29. The molecule has 0 aliphatic carbocycles. The Morgan fingerprint density at radius 2 is 1.97 bits per heavy atom. The van der Waals surface area contributed by atoms with Crippen LogP contribution in [0.1, 0.15) is 12.5 Å². The molecule has 0 bridgehead atoms. The van der Waals surface area contributed by atoms with Crippen LogP contribution in [0, 0.1) is 0 Å². The molecule has 0 unspecified atom stereocenters. The van der Waals surface area contributed by atoms with E-state index in [0.717, 1.165) is 27.8 Å². The third kappa shape index (κ3) is 3.34. The zero-order chi connectivity index (χ0) is 22.1. The number of para-hydroxylation sites is 1. The fraction of sp³-hybridized carbons (Fsp3) is 0.333. The molecule has 1 aromatic carbocycles. The van der Waals surface area contributed by atoms with E-state index in [9.17, 15) is 14.4 Å². The Labute approximate surface area is 178 Å². The average molecular weight is 424 g/mol. The van der Waals surface area contributed by atoms with Gasteiger partial charge in [0.15, 0.2) is 11.2 Å². The first-order valence-electron chi connectivity index (χ1n) is 10.1. The molecule has 0 radical (unpaired) electrons. The summed E-state index contributed by atoms with van der Waals surface area (Å²) in [6, 6.07) is 7.45. The maximum Gasteiger partial charge on any atom is 0.424 e. The van der Waals surface area contributed by atoms with Crippen molar-refractivity contribution in [3.63, 3.8) is 0 Å². The van der Waals surface area contributed by atoms with E-state index in [1.54, 1.807) is 17.6 Å². The molecule has 0 saturated carbocycles. The molecule has 3 heterocycles. The highest BCUT2D eigenvalue weighted by molar-refractivity contribution is 5.87. The first-order chi connectivity index (χ1) is 15.0. The molecule has 10 nitrogen and oxygen atoms in total. The van der Waals surface area contributed by atoms with Gasteiger partial charge in [-0.1, -0.05) is 30.9 Å². The van der Waals surface area contributed by atoms with Crippen molar-refractivity contribution >= 4 is 29.3 Å². The molecule has 0 amide bonds. The van der Waals surface area contributed by atoms with E-state index in [1.807, 2.05) is 29.2 Å². The summed E-state index contributed by atoms with van der Waals surface area (Å²) in [4.78, 5) is 45.4. The first-order valence-corrected chi connectivity index (χ1v) is 10.1. The minimum atomic E-state index is -0.874. The molecule has 1 fully saturated rings. The van der Waals surface area contributed by atoms with Gasteiger partial charge in [0.1, 0.15) is 0 Å². The second kappa shape index (κ2) is 8.23. The summed E-state index contributed by atoms with van der Waals surface area (Å²) in [5, 5.41) is 3.29.